The van der Waals surface area contributed by atoms with Gasteiger partial charge in [0.25, 0.3) is 0 Å². The molecule has 0 bridgehead atoms. The summed E-state index contributed by atoms with van der Waals surface area (Å²) in [6.45, 7) is 4.08. The monoisotopic (exact) mass is 202 g/mol. The highest BCUT2D eigenvalue weighted by molar-refractivity contribution is 4.60. The van der Waals surface area contributed by atoms with Crippen molar-refractivity contribution in [2.75, 3.05) is 27.2 Å². The van der Waals surface area contributed by atoms with Gasteiger partial charge in [0, 0.05) is 13.6 Å². The summed E-state index contributed by atoms with van der Waals surface area (Å²) >= 11 is 0. The average molecular weight is 202 g/mol. The van der Waals surface area contributed by atoms with Crippen molar-refractivity contribution in [3.63, 3.8) is 0 Å². The number of hydroxylamine groups is 2. The second-order valence-electron chi connectivity index (χ2n) is 3.91. The van der Waals surface area contributed by atoms with Gasteiger partial charge in [0.1, 0.15) is 0 Å². The molecule has 0 radical (unpaired) electrons. The van der Waals surface area contributed by atoms with Crippen LogP contribution in [-0.2, 0) is 4.84 Å². The number of hydrogen-bond donors (Lipinski definition) is 1. The molecular weight excluding hydrogens is 176 g/mol. The molecule has 0 spiro atoms. The van der Waals surface area contributed by atoms with Crippen LogP contribution in [0.5, 0.6) is 0 Å². The van der Waals surface area contributed by atoms with E-state index in [0.29, 0.717) is 0 Å². The van der Waals surface area contributed by atoms with Crippen molar-refractivity contribution >= 4 is 0 Å². The van der Waals surface area contributed by atoms with Gasteiger partial charge in [0.05, 0.1) is 7.11 Å². The lowest BCUT2D eigenvalue weighted by Gasteiger charge is -2.17. The van der Waals surface area contributed by atoms with E-state index in [1.165, 1.54) is 32.1 Å². The molecule has 3 heteroatoms. The molecule has 0 aromatic rings. The Hall–Kier alpha value is -0.120. The van der Waals surface area contributed by atoms with E-state index in [2.05, 4.69) is 6.92 Å². The highest BCUT2D eigenvalue weighted by Gasteiger charge is 2.06. The summed E-state index contributed by atoms with van der Waals surface area (Å²) in [7, 11) is 3.68. The van der Waals surface area contributed by atoms with Crippen LogP contribution in [0, 0.1) is 5.92 Å². The first-order valence-electron chi connectivity index (χ1n) is 5.69. The van der Waals surface area contributed by atoms with E-state index in [0.717, 1.165) is 19.0 Å². The molecule has 0 saturated carbocycles. The highest BCUT2D eigenvalue weighted by Crippen LogP contribution is 2.16. The van der Waals surface area contributed by atoms with Gasteiger partial charge in [-0.3, -0.25) is 0 Å². The van der Waals surface area contributed by atoms with Gasteiger partial charge in [-0.05, 0) is 31.7 Å². The van der Waals surface area contributed by atoms with Gasteiger partial charge in [-0.1, -0.05) is 19.8 Å². The minimum Gasteiger partial charge on any atom is -0.330 e. The van der Waals surface area contributed by atoms with Crippen LogP contribution in [0.1, 0.15) is 39.0 Å². The minimum atomic E-state index is 0.815. The molecule has 0 amide bonds. The molecular formula is C11H26N2O. The van der Waals surface area contributed by atoms with E-state index in [1.54, 1.807) is 7.11 Å². The van der Waals surface area contributed by atoms with Crippen molar-refractivity contribution in [2.24, 2.45) is 11.7 Å². The topological polar surface area (TPSA) is 38.5 Å². The van der Waals surface area contributed by atoms with Crippen molar-refractivity contribution in [1.29, 1.82) is 0 Å². The van der Waals surface area contributed by atoms with Crippen molar-refractivity contribution < 1.29 is 4.84 Å². The molecule has 86 valence electrons. The van der Waals surface area contributed by atoms with Crippen LogP contribution in [-0.4, -0.2) is 32.3 Å². The first kappa shape index (κ1) is 13.9. The quantitative estimate of drug-likeness (QED) is 0.581. The molecule has 0 rings (SSSR count). The molecule has 0 aromatic carbocycles. The third-order valence-electron chi connectivity index (χ3n) is 2.67. The predicted octanol–water partition coefficient (Wildman–Crippen LogP) is 2.02. The van der Waals surface area contributed by atoms with Crippen LogP contribution >= 0.6 is 0 Å². The highest BCUT2D eigenvalue weighted by atomic mass is 16.7. The normalized spacial score (nSPS) is 13.5. The summed E-state index contributed by atoms with van der Waals surface area (Å²) in [5.74, 6) is 0.815. The Morgan fingerprint density at radius 3 is 2.50 bits per heavy atom. The molecule has 0 aromatic heterocycles. The van der Waals surface area contributed by atoms with Crippen LogP contribution < -0.4 is 5.73 Å². The molecule has 0 aliphatic heterocycles. The summed E-state index contributed by atoms with van der Waals surface area (Å²) < 4.78 is 0. The lowest BCUT2D eigenvalue weighted by molar-refractivity contribution is -0.110. The smallest absolute Gasteiger partial charge is 0.0575 e. The van der Waals surface area contributed by atoms with Crippen molar-refractivity contribution in [3.05, 3.63) is 0 Å². The Morgan fingerprint density at radius 1 is 1.29 bits per heavy atom. The number of hydrogen-bond acceptors (Lipinski definition) is 3. The maximum atomic E-state index is 5.58. The van der Waals surface area contributed by atoms with E-state index in [4.69, 9.17) is 10.6 Å². The molecule has 2 N–H and O–H groups in total. The zero-order valence-corrected chi connectivity index (χ0v) is 9.96. The van der Waals surface area contributed by atoms with Gasteiger partial charge < -0.3 is 10.6 Å². The number of rotatable bonds is 9. The number of nitrogens with two attached hydrogens (primary N) is 1. The van der Waals surface area contributed by atoms with Gasteiger partial charge in [-0.15, -0.1) is 0 Å². The minimum absolute atomic E-state index is 0.815. The standard InChI is InChI=1S/C11H26N2O/c1-4-6-11(8-9-12)7-5-10-13(2)14-3/h11H,4-10,12H2,1-3H3. The SMILES string of the molecule is CCCC(CCN)CCCN(C)OC. The second-order valence-corrected chi connectivity index (χ2v) is 3.91. The Morgan fingerprint density at radius 2 is 2.00 bits per heavy atom. The van der Waals surface area contributed by atoms with Crippen LogP contribution in [0.3, 0.4) is 0 Å². The zero-order valence-electron chi connectivity index (χ0n) is 9.96. The fourth-order valence-electron chi connectivity index (χ4n) is 1.77. The van der Waals surface area contributed by atoms with Gasteiger partial charge >= 0.3 is 0 Å². The molecule has 1 atom stereocenters. The summed E-state index contributed by atoms with van der Waals surface area (Å²) in [4.78, 5) is 5.06. The molecule has 0 fully saturated rings. The van der Waals surface area contributed by atoms with E-state index in [1.807, 2.05) is 12.1 Å². The Labute approximate surface area is 88.6 Å². The number of nitrogens with zero attached hydrogens (tertiary/aromatic N) is 1. The first-order chi connectivity index (χ1) is 6.74. The predicted molar refractivity (Wildman–Crippen MR) is 60.9 cm³/mol. The van der Waals surface area contributed by atoms with Crippen LogP contribution in [0.4, 0.5) is 0 Å². The van der Waals surface area contributed by atoms with Gasteiger partial charge in [0.15, 0.2) is 0 Å². The fourth-order valence-corrected chi connectivity index (χ4v) is 1.77. The van der Waals surface area contributed by atoms with Crippen LogP contribution in [0.15, 0.2) is 0 Å². The second kappa shape index (κ2) is 9.44. The van der Waals surface area contributed by atoms with E-state index in [-0.39, 0.29) is 0 Å². The maximum Gasteiger partial charge on any atom is 0.0575 e. The Bertz CT molecular complexity index is 114. The Kier molecular flexibility index (Phi) is 9.35. The lowest BCUT2D eigenvalue weighted by Crippen LogP contribution is -2.19. The molecule has 0 aliphatic rings. The molecule has 3 nitrogen and oxygen atoms in total. The van der Waals surface area contributed by atoms with Gasteiger partial charge in [0.2, 0.25) is 0 Å². The molecule has 0 aliphatic carbocycles. The van der Waals surface area contributed by atoms with Crippen molar-refractivity contribution in [1.82, 2.24) is 5.06 Å². The summed E-state index contributed by atoms with van der Waals surface area (Å²) in [6.07, 6.45) is 6.23. The average Bonchev–Trinajstić information content (AvgIpc) is 2.18. The van der Waals surface area contributed by atoms with Gasteiger partial charge in [-0.2, -0.15) is 5.06 Å². The molecule has 0 saturated heterocycles. The lowest BCUT2D eigenvalue weighted by atomic mass is 9.94. The van der Waals surface area contributed by atoms with Crippen LogP contribution in [0.25, 0.3) is 0 Å². The van der Waals surface area contributed by atoms with E-state index >= 15 is 0 Å². The summed E-state index contributed by atoms with van der Waals surface area (Å²) in [5, 5.41) is 1.88. The summed E-state index contributed by atoms with van der Waals surface area (Å²) in [5.41, 5.74) is 5.58. The largest absolute Gasteiger partial charge is 0.330 e. The third-order valence-corrected chi connectivity index (χ3v) is 2.67. The maximum absolute atomic E-state index is 5.58. The molecule has 0 heterocycles. The molecule has 14 heavy (non-hydrogen) atoms. The summed E-state index contributed by atoms with van der Waals surface area (Å²) in [6, 6.07) is 0. The zero-order chi connectivity index (χ0) is 10.8. The Balaban J connectivity index is 3.49. The van der Waals surface area contributed by atoms with E-state index < -0.39 is 0 Å². The van der Waals surface area contributed by atoms with Crippen molar-refractivity contribution in [2.45, 2.75) is 39.0 Å². The van der Waals surface area contributed by atoms with Crippen molar-refractivity contribution in [3.8, 4) is 0 Å². The third kappa shape index (κ3) is 7.30. The van der Waals surface area contributed by atoms with Crippen LogP contribution in [0.2, 0.25) is 0 Å². The molecule has 1 unspecified atom stereocenters. The first-order valence-corrected chi connectivity index (χ1v) is 5.69. The van der Waals surface area contributed by atoms with Gasteiger partial charge in [-0.25, -0.2) is 0 Å². The fraction of sp³-hybridized carbons (Fsp3) is 1.00. The van der Waals surface area contributed by atoms with E-state index in [9.17, 15) is 0 Å².